The zero-order chi connectivity index (χ0) is 13.5. The van der Waals surface area contributed by atoms with Crippen LogP contribution in [0.1, 0.15) is 27.7 Å². The van der Waals surface area contributed by atoms with Crippen molar-refractivity contribution in [2.75, 3.05) is 20.2 Å². The SMILES string of the molecule is CCN(C/C=C/C(=O)OC)C(=O)OC(C)(C)C. The lowest BCUT2D eigenvalue weighted by Crippen LogP contribution is -2.36. The molecule has 0 aliphatic heterocycles. The number of carbonyl (C=O) groups excluding carboxylic acids is 2. The lowest BCUT2D eigenvalue weighted by molar-refractivity contribution is -0.134. The van der Waals surface area contributed by atoms with E-state index in [9.17, 15) is 9.59 Å². The van der Waals surface area contributed by atoms with Crippen LogP contribution in [0.5, 0.6) is 0 Å². The molecule has 0 aromatic carbocycles. The summed E-state index contributed by atoms with van der Waals surface area (Å²) >= 11 is 0. The molecule has 0 atom stereocenters. The first kappa shape index (κ1) is 15.5. The highest BCUT2D eigenvalue weighted by molar-refractivity contribution is 5.81. The van der Waals surface area contributed by atoms with Crippen LogP contribution in [0.4, 0.5) is 4.79 Å². The maximum Gasteiger partial charge on any atom is 0.410 e. The Bertz CT molecular complexity index is 291. The molecule has 0 heterocycles. The molecule has 0 N–H and O–H groups in total. The zero-order valence-corrected chi connectivity index (χ0v) is 11.1. The third-order valence-electron chi connectivity index (χ3n) is 1.81. The molecule has 0 aromatic heterocycles. The van der Waals surface area contributed by atoms with Gasteiger partial charge in [-0.15, -0.1) is 0 Å². The number of hydrogen-bond donors (Lipinski definition) is 0. The van der Waals surface area contributed by atoms with Crippen LogP contribution in [0.25, 0.3) is 0 Å². The normalized spacial score (nSPS) is 11.4. The molecule has 0 rings (SSSR count). The molecule has 0 aliphatic carbocycles. The van der Waals surface area contributed by atoms with Crippen LogP contribution in [0.3, 0.4) is 0 Å². The number of likely N-dealkylation sites (N-methyl/N-ethyl adjacent to an activating group) is 1. The van der Waals surface area contributed by atoms with Crippen molar-refractivity contribution in [2.24, 2.45) is 0 Å². The highest BCUT2D eigenvalue weighted by Gasteiger charge is 2.20. The number of carbonyl (C=O) groups is 2. The Morgan fingerprint density at radius 1 is 1.29 bits per heavy atom. The van der Waals surface area contributed by atoms with Gasteiger partial charge in [0.05, 0.1) is 7.11 Å². The largest absolute Gasteiger partial charge is 0.466 e. The fraction of sp³-hybridized carbons (Fsp3) is 0.667. The third kappa shape index (κ3) is 7.38. The van der Waals surface area contributed by atoms with E-state index in [1.54, 1.807) is 6.08 Å². The molecular formula is C12H21NO4. The molecule has 98 valence electrons. The van der Waals surface area contributed by atoms with Crippen molar-refractivity contribution in [2.45, 2.75) is 33.3 Å². The molecule has 5 heteroatoms. The topological polar surface area (TPSA) is 55.8 Å². The van der Waals surface area contributed by atoms with Gasteiger partial charge in [-0.25, -0.2) is 9.59 Å². The molecule has 0 aromatic rings. The van der Waals surface area contributed by atoms with Crippen molar-refractivity contribution in [3.63, 3.8) is 0 Å². The first-order valence-corrected chi connectivity index (χ1v) is 5.52. The van der Waals surface area contributed by atoms with Gasteiger partial charge in [0.2, 0.25) is 0 Å². The number of methoxy groups -OCH3 is 1. The minimum Gasteiger partial charge on any atom is -0.466 e. The summed E-state index contributed by atoms with van der Waals surface area (Å²) in [4.78, 5) is 24.0. The molecule has 5 nitrogen and oxygen atoms in total. The van der Waals surface area contributed by atoms with Crippen LogP contribution in [-0.4, -0.2) is 42.8 Å². The summed E-state index contributed by atoms with van der Waals surface area (Å²) in [7, 11) is 1.30. The predicted octanol–water partition coefficient (Wildman–Crippen LogP) is 1.97. The molecule has 1 amide bonds. The summed E-state index contributed by atoms with van der Waals surface area (Å²) in [5.41, 5.74) is -0.517. The van der Waals surface area contributed by atoms with Gasteiger partial charge in [0.1, 0.15) is 5.60 Å². The standard InChI is InChI=1S/C12H21NO4/c1-6-13(9-7-8-10(14)16-5)11(15)17-12(2,3)4/h7-8H,6,9H2,1-5H3/b8-7+. The summed E-state index contributed by atoms with van der Waals surface area (Å²) in [6, 6.07) is 0. The molecular weight excluding hydrogens is 222 g/mol. The lowest BCUT2D eigenvalue weighted by Gasteiger charge is -2.25. The summed E-state index contributed by atoms with van der Waals surface area (Å²) in [6.07, 6.45) is 2.46. The molecule has 0 fully saturated rings. The van der Waals surface area contributed by atoms with Crippen molar-refractivity contribution in [3.05, 3.63) is 12.2 Å². The fourth-order valence-corrected chi connectivity index (χ4v) is 1.00. The molecule has 0 saturated carbocycles. The predicted molar refractivity (Wildman–Crippen MR) is 64.6 cm³/mol. The van der Waals surface area contributed by atoms with Gasteiger partial charge in [-0.05, 0) is 27.7 Å². The van der Waals surface area contributed by atoms with E-state index in [-0.39, 0.29) is 0 Å². The monoisotopic (exact) mass is 243 g/mol. The van der Waals surface area contributed by atoms with Crippen molar-refractivity contribution in [1.82, 2.24) is 4.90 Å². The molecule has 0 radical (unpaired) electrons. The van der Waals surface area contributed by atoms with Crippen LogP contribution in [0.2, 0.25) is 0 Å². The maximum atomic E-state index is 11.7. The minimum absolute atomic E-state index is 0.320. The Morgan fingerprint density at radius 2 is 1.88 bits per heavy atom. The van der Waals surface area contributed by atoms with Crippen LogP contribution < -0.4 is 0 Å². The highest BCUT2D eigenvalue weighted by Crippen LogP contribution is 2.09. The second-order valence-electron chi connectivity index (χ2n) is 4.44. The van der Waals surface area contributed by atoms with E-state index >= 15 is 0 Å². The first-order valence-electron chi connectivity index (χ1n) is 5.52. The summed E-state index contributed by atoms with van der Waals surface area (Å²) in [6.45, 7) is 8.10. The first-order chi connectivity index (χ1) is 7.80. The number of nitrogens with zero attached hydrogens (tertiary/aromatic N) is 1. The van der Waals surface area contributed by atoms with Crippen molar-refractivity contribution in [3.8, 4) is 0 Å². The molecule has 0 saturated heterocycles. The van der Waals surface area contributed by atoms with Crippen molar-refractivity contribution < 1.29 is 19.1 Å². The number of hydrogen-bond acceptors (Lipinski definition) is 4. The van der Waals surface area contributed by atoms with Crippen molar-refractivity contribution in [1.29, 1.82) is 0 Å². The number of amides is 1. The van der Waals surface area contributed by atoms with Gasteiger partial charge in [-0.3, -0.25) is 0 Å². The minimum atomic E-state index is -0.517. The fourth-order valence-electron chi connectivity index (χ4n) is 1.00. The highest BCUT2D eigenvalue weighted by atomic mass is 16.6. The number of ether oxygens (including phenoxy) is 2. The van der Waals surface area contributed by atoms with E-state index < -0.39 is 17.7 Å². The molecule has 0 aliphatic rings. The Kier molecular flexibility index (Phi) is 6.31. The number of rotatable bonds is 4. The summed E-state index contributed by atoms with van der Waals surface area (Å²) < 4.78 is 9.66. The van der Waals surface area contributed by atoms with Gasteiger partial charge in [0, 0.05) is 19.2 Å². The molecule has 0 unspecified atom stereocenters. The Labute approximate surface area is 102 Å². The van der Waals surface area contributed by atoms with Gasteiger partial charge in [-0.2, -0.15) is 0 Å². The van der Waals surface area contributed by atoms with E-state index in [4.69, 9.17) is 4.74 Å². The van der Waals surface area contributed by atoms with Crippen molar-refractivity contribution >= 4 is 12.1 Å². The number of esters is 1. The van der Waals surface area contributed by atoms with E-state index in [0.717, 1.165) is 0 Å². The average Bonchev–Trinajstić information content (AvgIpc) is 2.21. The van der Waals surface area contributed by atoms with Crippen LogP contribution >= 0.6 is 0 Å². The quantitative estimate of drug-likeness (QED) is 0.559. The van der Waals surface area contributed by atoms with Gasteiger partial charge < -0.3 is 14.4 Å². The summed E-state index contributed by atoms with van der Waals surface area (Å²) in [5, 5.41) is 0. The van der Waals surface area contributed by atoms with E-state index in [0.29, 0.717) is 13.1 Å². The van der Waals surface area contributed by atoms with E-state index in [1.807, 2.05) is 27.7 Å². The molecule has 0 spiro atoms. The molecule has 17 heavy (non-hydrogen) atoms. The van der Waals surface area contributed by atoms with Crippen LogP contribution in [0, 0.1) is 0 Å². The second kappa shape index (κ2) is 6.93. The van der Waals surface area contributed by atoms with E-state index in [1.165, 1.54) is 18.1 Å². The van der Waals surface area contributed by atoms with Gasteiger partial charge >= 0.3 is 12.1 Å². The lowest BCUT2D eigenvalue weighted by atomic mass is 10.2. The van der Waals surface area contributed by atoms with Crippen LogP contribution in [-0.2, 0) is 14.3 Å². The molecule has 0 bridgehead atoms. The van der Waals surface area contributed by atoms with Gasteiger partial charge in [0.15, 0.2) is 0 Å². The van der Waals surface area contributed by atoms with Crippen LogP contribution in [0.15, 0.2) is 12.2 Å². The Balaban J connectivity index is 4.29. The van der Waals surface area contributed by atoms with Gasteiger partial charge in [-0.1, -0.05) is 6.08 Å². The third-order valence-corrected chi connectivity index (χ3v) is 1.81. The second-order valence-corrected chi connectivity index (χ2v) is 4.44. The Hall–Kier alpha value is -1.52. The maximum absolute atomic E-state index is 11.7. The smallest absolute Gasteiger partial charge is 0.410 e. The van der Waals surface area contributed by atoms with E-state index in [2.05, 4.69) is 4.74 Å². The zero-order valence-electron chi connectivity index (χ0n) is 11.1. The summed E-state index contributed by atoms with van der Waals surface area (Å²) in [5.74, 6) is -0.440. The average molecular weight is 243 g/mol. The van der Waals surface area contributed by atoms with Gasteiger partial charge in [0.25, 0.3) is 0 Å². The Morgan fingerprint density at radius 3 is 2.29 bits per heavy atom.